The van der Waals surface area contributed by atoms with Crippen molar-refractivity contribution >= 4 is 33.5 Å². The normalized spacial score (nSPS) is 10.5. The van der Waals surface area contributed by atoms with E-state index in [0.717, 1.165) is 15.2 Å². The standard InChI is InChI=1S/C18H15NO4S/c1-22-18(21)12-6-8-13(9-7-12)23-17(20)11-10-16-19-14-4-2-3-5-15(14)24-16/h2-9H,10-11H2,1H3. The van der Waals surface area contributed by atoms with Gasteiger partial charge in [-0.05, 0) is 36.4 Å². The fraction of sp³-hybridized carbons (Fsp3) is 0.167. The number of para-hydroxylation sites is 1. The molecular weight excluding hydrogens is 326 g/mol. The zero-order chi connectivity index (χ0) is 16.9. The number of thiazole rings is 1. The molecule has 0 bridgehead atoms. The Hall–Kier alpha value is -2.73. The van der Waals surface area contributed by atoms with Crippen LogP contribution in [0.4, 0.5) is 0 Å². The van der Waals surface area contributed by atoms with Crippen molar-refractivity contribution < 1.29 is 19.1 Å². The van der Waals surface area contributed by atoms with Gasteiger partial charge in [0.1, 0.15) is 5.75 Å². The number of methoxy groups -OCH3 is 1. The van der Waals surface area contributed by atoms with Gasteiger partial charge in [-0.3, -0.25) is 4.79 Å². The summed E-state index contributed by atoms with van der Waals surface area (Å²) in [5.41, 5.74) is 1.36. The summed E-state index contributed by atoms with van der Waals surface area (Å²) in [6.45, 7) is 0. The van der Waals surface area contributed by atoms with Gasteiger partial charge in [-0.15, -0.1) is 11.3 Å². The van der Waals surface area contributed by atoms with Gasteiger partial charge in [0, 0.05) is 6.42 Å². The Morgan fingerprint density at radius 3 is 2.54 bits per heavy atom. The second-order valence-electron chi connectivity index (χ2n) is 5.07. The second kappa shape index (κ2) is 7.23. The third-order valence-electron chi connectivity index (χ3n) is 3.39. The van der Waals surface area contributed by atoms with Gasteiger partial charge in [0.25, 0.3) is 0 Å². The quantitative estimate of drug-likeness (QED) is 0.524. The van der Waals surface area contributed by atoms with E-state index in [2.05, 4.69) is 9.72 Å². The summed E-state index contributed by atoms with van der Waals surface area (Å²) in [4.78, 5) is 27.8. The molecule has 2 aromatic carbocycles. The zero-order valence-electron chi connectivity index (χ0n) is 13.0. The lowest BCUT2D eigenvalue weighted by Gasteiger charge is -2.04. The predicted molar refractivity (Wildman–Crippen MR) is 91.4 cm³/mol. The molecule has 3 aromatic rings. The molecule has 0 fully saturated rings. The molecule has 0 radical (unpaired) electrons. The molecule has 0 aliphatic rings. The fourth-order valence-electron chi connectivity index (χ4n) is 2.20. The van der Waals surface area contributed by atoms with Crippen LogP contribution in [0.1, 0.15) is 21.8 Å². The SMILES string of the molecule is COC(=O)c1ccc(OC(=O)CCc2nc3ccccc3s2)cc1. The molecule has 1 aromatic heterocycles. The van der Waals surface area contributed by atoms with E-state index in [-0.39, 0.29) is 12.4 Å². The lowest BCUT2D eigenvalue weighted by molar-refractivity contribution is -0.134. The molecule has 0 unspecified atom stereocenters. The summed E-state index contributed by atoms with van der Waals surface area (Å²) in [6, 6.07) is 14.1. The Bertz CT molecular complexity index is 837. The van der Waals surface area contributed by atoms with Gasteiger partial charge in [0.15, 0.2) is 0 Å². The number of nitrogens with zero attached hydrogens (tertiary/aromatic N) is 1. The molecule has 0 aliphatic carbocycles. The maximum absolute atomic E-state index is 11.9. The monoisotopic (exact) mass is 341 g/mol. The molecular formula is C18H15NO4S. The van der Waals surface area contributed by atoms with E-state index < -0.39 is 5.97 Å². The van der Waals surface area contributed by atoms with Crippen molar-refractivity contribution in [3.63, 3.8) is 0 Å². The van der Waals surface area contributed by atoms with Crippen molar-refractivity contribution in [2.75, 3.05) is 7.11 Å². The number of rotatable bonds is 5. The van der Waals surface area contributed by atoms with Crippen LogP contribution in [-0.2, 0) is 16.0 Å². The molecule has 6 heteroatoms. The number of hydrogen-bond acceptors (Lipinski definition) is 6. The minimum Gasteiger partial charge on any atom is -0.465 e. The van der Waals surface area contributed by atoms with E-state index in [1.165, 1.54) is 7.11 Å². The maximum atomic E-state index is 11.9. The largest absolute Gasteiger partial charge is 0.465 e. The molecule has 3 rings (SSSR count). The third kappa shape index (κ3) is 3.78. The van der Waals surface area contributed by atoms with Crippen LogP contribution in [0.25, 0.3) is 10.2 Å². The van der Waals surface area contributed by atoms with Gasteiger partial charge in [-0.25, -0.2) is 9.78 Å². The maximum Gasteiger partial charge on any atom is 0.337 e. The molecule has 0 saturated heterocycles. The van der Waals surface area contributed by atoms with Crippen molar-refractivity contribution in [2.24, 2.45) is 0 Å². The molecule has 0 N–H and O–H groups in total. The molecule has 0 saturated carbocycles. The summed E-state index contributed by atoms with van der Waals surface area (Å²) in [5, 5.41) is 0.911. The molecule has 5 nitrogen and oxygen atoms in total. The van der Waals surface area contributed by atoms with E-state index in [0.29, 0.717) is 17.7 Å². The number of fused-ring (bicyclic) bond motifs is 1. The predicted octanol–water partition coefficient (Wildman–Crippen LogP) is 3.62. The average molecular weight is 341 g/mol. The fourth-order valence-corrected chi connectivity index (χ4v) is 3.16. The van der Waals surface area contributed by atoms with E-state index in [1.54, 1.807) is 35.6 Å². The first kappa shape index (κ1) is 16.1. The molecule has 0 atom stereocenters. The van der Waals surface area contributed by atoms with Crippen LogP contribution in [-0.4, -0.2) is 24.0 Å². The highest BCUT2D eigenvalue weighted by Gasteiger charge is 2.10. The number of aromatic nitrogens is 1. The number of carbonyl (C=O) groups is 2. The highest BCUT2D eigenvalue weighted by molar-refractivity contribution is 7.18. The molecule has 0 spiro atoms. The van der Waals surface area contributed by atoms with E-state index in [1.807, 2.05) is 24.3 Å². The molecule has 0 aliphatic heterocycles. The number of esters is 2. The van der Waals surface area contributed by atoms with Crippen LogP contribution in [0.15, 0.2) is 48.5 Å². The minimum atomic E-state index is -0.427. The van der Waals surface area contributed by atoms with Crippen molar-refractivity contribution in [1.29, 1.82) is 0 Å². The van der Waals surface area contributed by atoms with Crippen LogP contribution in [0.2, 0.25) is 0 Å². The Kier molecular flexibility index (Phi) is 4.86. The third-order valence-corrected chi connectivity index (χ3v) is 4.48. The van der Waals surface area contributed by atoms with Crippen molar-refractivity contribution in [3.05, 3.63) is 59.1 Å². The van der Waals surface area contributed by atoms with Crippen LogP contribution in [0.5, 0.6) is 5.75 Å². The Morgan fingerprint density at radius 2 is 1.83 bits per heavy atom. The van der Waals surface area contributed by atoms with E-state index in [9.17, 15) is 9.59 Å². The number of hydrogen-bond donors (Lipinski definition) is 0. The summed E-state index contributed by atoms with van der Waals surface area (Å²) < 4.78 is 11.0. The highest BCUT2D eigenvalue weighted by Crippen LogP contribution is 2.22. The van der Waals surface area contributed by atoms with Gasteiger partial charge in [-0.1, -0.05) is 12.1 Å². The molecule has 122 valence electrons. The number of aryl methyl sites for hydroxylation is 1. The average Bonchev–Trinajstić information content (AvgIpc) is 3.03. The van der Waals surface area contributed by atoms with Gasteiger partial charge in [0.05, 0.1) is 34.3 Å². The van der Waals surface area contributed by atoms with Crippen LogP contribution >= 0.6 is 11.3 Å². The lowest BCUT2D eigenvalue weighted by Crippen LogP contribution is -2.09. The summed E-state index contributed by atoms with van der Waals surface area (Å²) in [6.07, 6.45) is 0.789. The van der Waals surface area contributed by atoms with Crippen LogP contribution in [0.3, 0.4) is 0 Å². The first-order valence-corrected chi connectivity index (χ1v) is 8.21. The van der Waals surface area contributed by atoms with Gasteiger partial charge in [-0.2, -0.15) is 0 Å². The van der Waals surface area contributed by atoms with Gasteiger partial charge in [0.2, 0.25) is 0 Å². The van der Waals surface area contributed by atoms with Crippen molar-refractivity contribution in [1.82, 2.24) is 4.98 Å². The summed E-state index contributed by atoms with van der Waals surface area (Å²) in [7, 11) is 1.32. The first-order valence-electron chi connectivity index (χ1n) is 7.39. The van der Waals surface area contributed by atoms with Crippen molar-refractivity contribution in [3.8, 4) is 5.75 Å². The second-order valence-corrected chi connectivity index (χ2v) is 6.18. The summed E-state index contributed by atoms with van der Waals surface area (Å²) in [5.74, 6) is -0.360. The Labute approximate surface area is 142 Å². The minimum absolute atomic E-state index is 0.249. The Balaban J connectivity index is 1.56. The zero-order valence-corrected chi connectivity index (χ0v) is 13.8. The number of ether oxygens (including phenoxy) is 2. The van der Waals surface area contributed by atoms with Gasteiger partial charge >= 0.3 is 11.9 Å². The molecule has 1 heterocycles. The van der Waals surface area contributed by atoms with E-state index >= 15 is 0 Å². The summed E-state index contributed by atoms with van der Waals surface area (Å²) >= 11 is 1.58. The molecule has 0 amide bonds. The number of benzene rings is 2. The van der Waals surface area contributed by atoms with E-state index in [4.69, 9.17) is 4.74 Å². The van der Waals surface area contributed by atoms with Crippen LogP contribution in [0, 0.1) is 0 Å². The highest BCUT2D eigenvalue weighted by atomic mass is 32.1. The molecule has 24 heavy (non-hydrogen) atoms. The van der Waals surface area contributed by atoms with Crippen molar-refractivity contribution in [2.45, 2.75) is 12.8 Å². The first-order chi connectivity index (χ1) is 11.7. The number of carbonyl (C=O) groups excluding carboxylic acids is 2. The van der Waals surface area contributed by atoms with Gasteiger partial charge < -0.3 is 9.47 Å². The topological polar surface area (TPSA) is 65.5 Å². The Morgan fingerprint density at radius 1 is 1.08 bits per heavy atom. The lowest BCUT2D eigenvalue weighted by atomic mass is 10.2. The van der Waals surface area contributed by atoms with Crippen LogP contribution < -0.4 is 4.74 Å². The smallest absolute Gasteiger partial charge is 0.337 e.